The van der Waals surface area contributed by atoms with Crippen molar-refractivity contribution >= 4 is 35.7 Å². The summed E-state index contributed by atoms with van der Waals surface area (Å²) in [4.78, 5) is 6.06. The first-order valence-corrected chi connectivity index (χ1v) is 7.93. The number of piperazine rings is 1. The third kappa shape index (κ3) is 3.28. The molecule has 1 aromatic heterocycles. The predicted molar refractivity (Wildman–Crippen MR) is 97.3 cm³/mol. The zero-order valence-corrected chi connectivity index (χ0v) is 14.4. The topological polar surface area (TPSA) is 31.1 Å². The number of aromatic amines is 1. The van der Waals surface area contributed by atoms with E-state index in [2.05, 4.69) is 39.5 Å². The molecule has 22 heavy (non-hydrogen) atoms. The third-order valence-electron chi connectivity index (χ3n) is 5.06. The number of hydrogen-bond donors (Lipinski definition) is 2. The SMILES string of the molecule is Cl.Cl.c1cc2ccc([C@H](C3CCC3)N3CCNCC3)cc2[nH]1. The number of halogens is 2. The summed E-state index contributed by atoms with van der Waals surface area (Å²) in [5.41, 5.74) is 2.79. The molecule has 0 unspecified atom stereocenters. The summed E-state index contributed by atoms with van der Waals surface area (Å²) < 4.78 is 0. The van der Waals surface area contributed by atoms with Crippen molar-refractivity contribution in [3.8, 4) is 0 Å². The van der Waals surface area contributed by atoms with Crippen LogP contribution in [0.4, 0.5) is 0 Å². The quantitative estimate of drug-likeness (QED) is 0.890. The van der Waals surface area contributed by atoms with Crippen LogP contribution in [0.3, 0.4) is 0 Å². The Bertz CT molecular complexity index is 588. The number of aromatic nitrogens is 1. The molecule has 0 bridgehead atoms. The predicted octanol–water partition coefficient (Wildman–Crippen LogP) is 3.76. The van der Waals surface area contributed by atoms with Gasteiger partial charge in [-0.3, -0.25) is 4.90 Å². The molecule has 4 rings (SSSR count). The first kappa shape index (κ1) is 17.6. The van der Waals surface area contributed by atoms with Crippen molar-refractivity contribution in [3.63, 3.8) is 0 Å². The summed E-state index contributed by atoms with van der Waals surface area (Å²) in [5.74, 6) is 0.862. The van der Waals surface area contributed by atoms with Gasteiger partial charge < -0.3 is 10.3 Å². The number of hydrogen-bond acceptors (Lipinski definition) is 2. The Labute approximate surface area is 144 Å². The van der Waals surface area contributed by atoms with Gasteiger partial charge in [-0.1, -0.05) is 18.6 Å². The second-order valence-corrected chi connectivity index (χ2v) is 6.25. The van der Waals surface area contributed by atoms with E-state index in [1.807, 2.05) is 6.20 Å². The zero-order chi connectivity index (χ0) is 13.4. The van der Waals surface area contributed by atoms with Gasteiger partial charge in [0, 0.05) is 43.9 Å². The molecule has 0 amide bonds. The van der Waals surface area contributed by atoms with Gasteiger partial charge in [0.2, 0.25) is 0 Å². The van der Waals surface area contributed by atoms with Gasteiger partial charge in [-0.25, -0.2) is 0 Å². The van der Waals surface area contributed by atoms with Crippen molar-refractivity contribution < 1.29 is 0 Å². The number of nitrogens with one attached hydrogen (secondary N) is 2. The molecule has 1 aromatic carbocycles. The average molecular weight is 342 g/mol. The molecule has 1 aliphatic heterocycles. The Kier molecular flexibility index (Phi) is 6.16. The molecule has 2 aromatic rings. The number of rotatable bonds is 3. The molecule has 2 N–H and O–H groups in total. The van der Waals surface area contributed by atoms with Gasteiger partial charge in [-0.15, -0.1) is 24.8 Å². The molecule has 122 valence electrons. The molecule has 1 saturated carbocycles. The third-order valence-corrected chi connectivity index (χ3v) is 5.06. The van der Waals surface area contributed by atoms with Crippen LogP contribution in [0.15, 0.2) is 30.5 Å². The van der Waals surface area contributed by atoms with E-state index in [4.69, 9.17) is 0 Å². The maximum absolute atomic E-state index is 3.47. The van der Waals surface area contributed by atoms with Crippen LogP contribution in [-0.2, 0) is 0 Å². The number of nitrogens with zero attached hydrogens (tertiary/aromatic N) is 1. The Morgan fingerprint density at radius 1 is 1.05 bits per heavy atom. The normalized spacial score (nSPS) is 20.7. The van der Waals surface area contributed by atoms with E-state index in [9.17, 15) is 0 Å². The van der Waals surface area contributed by atoms with Crippen molar-refractivity contribution in [1.82, 2.24) is 15.2 Å². The smallest absolute Gasteiger partial charge is 0.0457 e. The lowest BCUT2D eigenvalue weighted by atomic mass is 9.76. The highest BCUT2D eigenvalue weighted by Gasteiger charge is 2.33. The molecule has 0 radical (unpaired) electrons. The Hall–Kier alpha value is -0.740. The molecule has 0 spiro atoms. The van der Waals surface area contributed by atoms with E-state index in [1.54, 1.807) is 0 Å². The minimum Gasteiger partial charge on any atom is -0.361 e. The van der Waals surface area contributed by atoms with E-state index < -0.39 is 0 Å². The van der Waals surface area contributed by atoms with Crippen LogP contribution in [0.25, 0.3) is 10.9 Å². The fourth-order valence-corrected chi connectivity index (χ4v) is 3.75. The minimum absolute atomic E-state index is 0. The molecule has 1 atom stereocenters. The summed E-state index contributed by atoms with van der Waals surface area (Å²) in [5, 5.41) is 4.79. The number of H-pyrrole nitrogens is 1. The van der Waals surface area contributed by atoms with E-state index in [0.717, 1.165) is 19.0 Å². The van der Waals surface area contributed by atoms with E-state index >= 15 is 0 Å². The maximum Gasteiger partial charge on any atom is 0.0457 e. The van der Waals surface area contributed by atoms with Crippen molar-refractivity contribution in [2.45, 2.75) is 25.3 Å². The van der Waals surface area contributed by atoms with Gasteiger partial charge in [0.05, 0.1) is 0 Å². The van der Waals surface area contributed by atoms with Crippen molar-refractivity contribution in [1.29, 1.82) is 0 Å². The Morgan fingerprint density at radius 2 is 1.82 bits per heavy atom. The number of benzene rings is 1. The molecule has 3 nitrogen and oxygen atoms in total. The summed E-state index contributed by atoms with van der Waals surface area (Å²) >= 11 is 0. The highest BCUT2D eigenvalue weighted by atomic mass is 35.5. The lowest BCUT2D eigenvalue weighted by Crippen LogP contribution is -2.47. The fourth-order valence-electron chi connectivity index (χ4n) is 3.75. The number of fused-ring (bicyclic) bond motifs is 1. The Morgan fingerprint density at radius 3 is 2.50 bits per heavy atom. The fraction of sp³-hybridized carbons (Fsp3) is 0.529. The molecule has 2 heterocycles. The first-order chi connectivity index (χ1) is 9.92. The van der Waals surface area contributed by atoms with Crippen LogP contribution < -0.4 is 5.32 Å². The monoisotopic (exact) mass is 341 g/mol. The Balaban J connectivity index is 0.000000882. The van der Waals surface area contributed by atoms with E-state index in [1.165, 1.54) is 48.8 Å². The summed E-state index contributed by atoms with van der Waals surface area (Å²) in [7, 11) is 0. The molecular formula is C17H25Cl2N3. The summed E-state index contributed by atoms with van der Waals surface area (Å²) in [6, 6.07) is 9.78. The van der Waals surface area contributed by atoms with E-state index in [-0.39, 0.29) is 24.8 Å². The van der Waals surface area contributed by atoms with Crippen LogP contribution in [0.2, 0.25) is 0 Å². The largest absolute Gasteiger partial charge is 0.361 e. The van der Waals surface area contributed by atoms with Crippen LogP contribution >= 0.6 is 24.8 Å². The standard InChI is InChI=1S/C17H23N3.2ClH/c1-2-14(3-1)17(20-10-8-18-9-11-20)15-5-4-13-6-7-19-16(13)12-15;;/h4-7,12,14,17-19H,1-3,8-11H2;2*1H/t17-;;/m0../s1. The van der Waals surface area contributed by atoms with Crippen LogP contribution in [0.1, 0.15) is 30.9 Å². The van der Waals surface area contributed by atoms with Crippen molar-refractivity contribution in [2.24, 2.45) is 5.92 Å². The first-order valence-electron chi connectivity index (χ1n) is 7.93. The van der Waals surface area contributed by atoms with Gasteiger partial charge in [0.1, 0.15) is 0 Å². The van der Waals surface area contributed by atoms with Gasteiger partial charge in [0.15, 0.2) is 0 Å². The highest BCUT2D eigenvalue weighted by molar-refractivity contribution is 5.85. The van der Waals surface area contributed by atoms with Gasteiger partial charge in [-0.2, -0.15) is 0 Å². The van der Waals surface area contributed by atoms with Crippen LogP contribution in [0, 0.1) is 5.92 Å². The lowest BCUT2D eigenvalue weighted by Gasteiger charge is -2.43. The van der Waals surface area contributed by atoms with E-state index in [0.29, 0.717) is 6.04 Å². The summed E-state index contributed by atoms with van der Waals surface area (Å²) in [6.07, 6.45) is 6.25. The van der Waals surface area contributed by atoms with Crippen molar-refractivity contribution in [3.05, 3.63) is 36.0 Å². The van der Waals surface area contributed by atoms with Crippen LogP contribution in [0.5, 0.6) is 0 Å². The van der Waals surface area contributed by atoms with Crippen LogP contribution in [-0.4, -0.2) is 36.1 Å². The summed E-state index contributed by atoms with van der Waals surface area (Å²) in [6.45, 7) is 4.63. The molecule has 2 fully saturated rings. The second-order valence-electron chi connectivity index (χ2n) is 6.25. The minimum atomic E-state index is 0. The van der Waals surface area contributed by atoms with Gasteiger partial charge >= 0.3 is 0 Å². The lowest BCUT2D eigenvalue weighted by molar-refractivity contribution is 0.0838. The maximum atomic E-state index is 3.47. The molecule has 5 heteroatoms. The average Bonchev–Trinajstić information content (AvgIpc) is 2.91. The van der Waals surface area contributed by atoms with Gasteiger partial charge in [-0.05, 0) is 41.8 Å². The highest BCUT2D eigenvalue weighted by Crippen LogP contribution is 2.42. The zero-order valence-electron chi connectivity index (χ0n) is 12.8. The van der Waals surface area contributed by atoms with Crippen molar-refractivity contribution in [2.75, 3.05) is 26.2 Å². The molecular weight excluding hydrogens is 317 g/mol. The molecule has 1 aliphatic carbocycles. The van der Waals surface area contributed by atoms with Gasteiger partial charge in [0.25, 0.3) is 0 Å². The molecule has 1 saturated heterocycles. The molecule has 2 aliphatic rings. The second kappa shape index (κ2) is 7.69.